The molecule has 0 saturated heterocycles. The molecule has 0 aromatic carbocycles. The number of anilines is 1. The van der Waals surface area contributed by atoms with E-state index in [4.69, 9.17) is 5.73 Å². The lowest BCUT2D eigenvalue weighted by atomic mass is 9.80. The lowest BCUT2D eigenvalue weighted by molar-refractivity contribution is 0.290. The van der Waals surface area contributed by atoms with Crippen molar-refractivity contribution >= 4 is 17.0 Å². The maximum atomic E-state index is 6.50. The van der Waals surface area contributed by atoms with Crippen molar-refractivity contribution in [2.24, 2.45) is 5.73 Å². The molecular formula is C15H23N5. The molecule has 0 aliphatic heterocycles. The maximum Gasteiger partial charge on any atom is 0.179 e. The first-order valence-corrected chi connectivity index (χ1v) is 7.38. The number of imidazole rings is 1. The molecule has 2 heterocycles. The lowest BCUT2D eigenvalue weighted by Crippen LogP contribution is -2.44. The molecule has 0 unspecified atom stereocenters. The second-order valence-electron chi connectivity index (χ2n) is 6.22. The van der Waals surface area contributed by atoms with Crippen molar-refractivity contribution in [2.75, 3.05) is 19.0 Å². The molecule has 3 rings (SSSR count). The van der Waals surface area contributed by atoms with Gasteiger partial charge >= 0.3 is 0 Å². The molecule has 1 aliphatic rings. The highest BCUT2D eigenvalue weighted by Crippen LogP contribution is 2.29. The molecule has 2 aromatic rings. The third kappa shape index (κ3) is 2.63. The third-order valence-electron chi connectivity index (χ3n) is 4.21. The predicted molar refractivity (Wildman–Crippen MR) is 81.9 cm³/mol. The van der Waals surface area contributed by atoms with Gasteiger partial charge in [0.2, 0.25) is 0 Å². The first kappa shape index (κ1) is 13.4. The number of nitrogens with one attached hydrogen (secondary N) is 1. The van der Waals surface area contributed by atoms with Crippen LogP contribution < -0.4 is 10.6 Å². The first-order valence-electron chi connectivity index (χ1n) is 7.38. The van der Waals surface area contributed by atoms with Crippen LogP contribution in [0.3, 0.4) is 0 Å². The molecule has 1 fully saturated rings. The number of H-pyrrole nitrogens is 1. The highest BCUT2D eigenvalue weighted by atomic mass is 15.1. The minimum absolute atomic E-state index is 0.0868. The largest absolute Gasteiger partial charge is 0.363 e. The highest BCUT2D eigenvalue weighted by Gasteiger charge is 2.28. The van der Waals surface area contributed by atoms with Gasteiger partial charge in [0, 0.05) is 26.1 Å². The number of rotatable bonds is 3. The van der Waals surface area contributed by atoms with E-state index >= 15 is 0 Å². The first-order chi connectivity index (χ1) is 9.56. The molecule has 0 atom stereocenters. The van der Waals surface area contributed by atoms with Crippen LogP contribution in [0.5, 0.6) is 0 Å². The minimum Gasteiger partial charge on any atom is -0.363 e. The number of nitrogens with two attached hydrogens (primary N) is 1. The molecule has 2 aromatic heterocycles. The van der Waals surface area contributed by atoms with Crippen LogP contribution in [0, 0.1) is 0 Å². The number of aromatic nitrogens is 3. The van der Waals surface area contributed by atoms with Crippen LogP contribution in [0.1, 0.15) is 37.9 Å². The normalized spacial score (nSPS) is 18.4. The van der Waals surface area contributed by atoms with E-state index in [1.807, 2.05) is 31.1 Å². The quantitative estimate of drug-likeness (QED) is 0.899. The van der Waals surface area contributed by atoms with Crippen molar-refractivity contribution in [1.82, 2.24) is 15.0 Å². The number of hydrogen-bond acceptors (Lipinski definition) is 4. The molecule has 20 heavy (non-hydrogen) atoms. The van der Waals surface area contributed by atoms with Gasteiger partial charge in [-0.3, -0.25) is 0 Å². The SMILES string of the molecule is CN(C)c1ccc2[nH]c(CC3(N)CCCCC3)nc2n1. The van der Waals surface area contributed by atoms with Crippen molar-refractivity contribution in [3.63, 3.8) is 0 Å². The van der Waals surface area contributed by atoms with E-state index in [0.29, 0.717) is 0 Å². The molecule has 1 saturated carbocycles. The van der Waals surface area contributed by atoms with Gasteiger partial charge in [0.15, 0.2) is 5.65 Å². The van der Waals surface area contributed by atoms with Gasteiger partial charge in [0.1, 0.15) is 11.6 Å². The Balaban J connectivity index is 1.85. The highest BCUT2D eigenvalue weighted by molar-refractivity contribution is 5.73. The molecule has 3 N–H and O–H groups in total. The Labute approximate surface area is 119 Å². The van der Waals surface area contributed by atoms with E-state index in [2.05, 4.69) is 15.0 Å². The maximum absolute atomic E-state index is 6.50. The van der Waals surface area contributed by atoms with Crippen LogP contribution in [0.15, 0.2) is 12.1 Å². The fraction of sp³-hybridized carbons (Fsp3) is 0.600. The van der Waals surface area contributed by atoms with Gasteiger partial charge in [-0.2, -0.15) is 0 Å². The zero-order chi connectivity index (χ0) is 14.2. The monoisotopic (exact) mass is 273 g/mol. The second kappa shape index (κ2) is 5.05. The van der Waals surface area contributed by atoms with E-state index < -0.39 is 0 Å². The van der Waals surface area contributed by atoms with Crippen molar-refractivity contribution < 1.29 is 0 Å². The van der Waals surface area contributed by atoms with E-state index in [1.165, 1.54) is 19.3 Å². The number of pyridine rings is 1. The average Bonchev–Trinajstić information content (AvgIpc) is 2.79. The summed E-state index contributed by atoms with van der Waals surface area (Å²) >= 11 is 0. The Hall–Kier alpha value is -1.62. The van der Waals surface area contributed by atoms with Crippen LogP contribution in [0.2, 0.25) is 0 Å². The summed E-state index contributed by atoms with van der Waals surface area (Å²) in [7, 11) is 3.97. The summed E-state index contributed by atoms with van der Waals surface area (Å²) in [5.74, 6) is 1.89. The van der Waals surface area contributed by atoms with Gasteiger partial charge in [0.25, 0.3) is 0 Å². The van der Waals surface area contributed by atoms with Crippen molar-refractivity contribution in [3.05, 3.63) is 18.0 Å². The van der Waals surface area contributed by atoms with Gasteiger partial charge in [-0.15, -0.1) is 0 Å². The summed E-state index contributed by atoms with van der Waals surface area (Å²) in [5.41, 5.74) is 8.19. The molecular weight excluding hydrogens is 250 g/mol. The smallest absolute Gasteiger partial charge is 0.179 e. The summed E-state index contributed by atoms with van der Waals surface area (Å²) in [6.45, 7) is 0. The number of aromatic amines is 1. The van der Waals surface area contributed by atoms with Gasteiger partial charge in [-0.05, 0) is 25.0 Å². The number of nitrogens with zero attached hydrogens (tertiary/aromatic N) is 3. The van der Waals surface area contributed by atoms with Gasteiger partial charge < -0.3 is 15.6 Å². The molecule has 0 spiro atoms. The predicted octanol–water partition coefficient (Wildman–Crippen LogP) is 2.23. The van der Waals surface area contributed by atoms with E-state index in [1.54, 1.807) is 0 Å². The van der Waals surface area contributed by atoms with Crippen LogP contribution in [0.25, 0.3) is 11.2 Å². The summed E-state index contributed by atoms with van der Waals surface area (Å²) in [5, 5.41) is 0. The lowest BCUT2D eigenvalue weighted by Gasteiger charge is -2.32. The fourth-order valence-corrected chi connectivity index (χ4v) is 3.03. The summed E-state index contributed by atoms with van der Waals surface area (Å²) in [4.78, 5) is 14.5. The van der Waals surface area contributed by atoms with Crippen LogP contribution in [-0.2, 0) is 6.42 Å². The zero-order valence-corrected chi connectivity index (χ0v) is 12.3. The molecule has 0 bridgehead atoms. The molecule has 108 valence electrons. The third-order valence-corrected chi connectivity index (χ3v) is 4.21. The van der Waals surface area contributed by atoms with Crippen molar-refractivity contribution in [2.45, 2.75) is 44.1 Å². The molecule has 5 heteroatoms. The minimum atomic E-state index is -0.0868. The van der Waals surface area contributed by atoms with Crippen LogP contribution >= 0.6 is 0 Å². The van der Waals surface area contributed by atoms with Gasteiger partial charge in [-0.1, -0.05) is 19.3 Å². The summed E-state index contributed by atoms with van der Waals surface area (Å²) < 4.78 is 0. The van der Waals surface area contributed by atoms with Gasteiger partial charge in [-0.25, -0.2) is 9.97 Å². The average molecular weight is 273 g/mol. The van der Waals surface area contributed by atoms with Gasteiger partial charge in [0.05, 0.1) is 5.52 Å². The summed E-state index contributed by atoms with van der Waals surface area (Å²) in [6, 6.07) is 4.04. The molecule has 1 aliphatic carbocycles. The Bertz CT molecular complexity index is 595. The molecule has 0 radical (unpaired) electrons. The topological polar surface area (TPSA) is 70.8 Å². The number of fused-ring (bicyclic) bond motifs is 1. The van der Waals surface area contributed by atoms with E-state index in [-0.39, 0.29) is 5.54 Å². The van der Waals surface area contributed by atoms with Crippen LogP contribution in [0.4, 0.5) is 5.82 Å². The van der Waals surface area contributed by atoms with Crippen molar-refractivity contribution in [3.8, 4) is 0 Å². The Morgan fingerprint density at radius 2 is 1.95 bits per heavy atom. The van der Waals surface area contributed by atoms with Crippen LogP contribution in [-0.4, -0.2) is 34.6 Å². The van der Waals surface area contributed by atoms with E-state index in [9.17, 15) is 0 Å². The molecule has 0 amide bonds. The standard InChI is InChI=1S/C15H23N5/c1-20(2)13-7-6-11-14(19-13)18-12(17-11)10-15(16)8-4-3-5-9-15/h6-7H,3-5,8-10,16H2,1-2H3,(H,17,18,19). The van der Waals surface area contributed by atoms with Crippen molar-refractivity contribution in [1.29, 1.82) is 0 Å². The molecule has 5 nitrogen and oxygen atoms in total. The Kier molecular flexibility index (Phi) is 3.38. The fourth-order valence-electron chi connectivity index (χ4n) is 3.03. The Morgan fingerprint density at radius 1 is 1.20 bits per heavy atom. The Morgan fingerprint density at radius 3 is 2.65 bits per heavy atom. The van der Waals surface area contributed by atoms with E-state index in [0.717, 1.165) is 42.1 Å². The second-order valence-corrected chi connectivity index (χ2v) is 6.22. The zero-order valence-electron chi connectivity index (χ0n) is 12.3. The number of hydrogen-bond donors (Lipinski definition) is 2. The summed E-state index contributed by atoms with van der Waals surface area (Å²) in [6.07, 6.45) is 6.80.